The van der Waals surface area contributed by atoms with Crippen LogP contribution in [0.4, 0.5) is 0 Å². The van der Waals surface area contributed by atoms with Gasteiger partial charge in [0.1, 0.15) is 15.9 Å². The van der Waals surface area contributed by atoms with Crippen molar-refractivity contribution in [3.8, 4) is 0 Å². The van der Waals surface area contributed by atoms with Crippen molar-refractivity contribution in [2.75, 3.05) is 6.54 Å². The van der Waals surface area contributed by atoms with Crippen LogP contribution in [0.1, 0.15) is 5.82 Å². The fraction of sp³-hybridized carbons (Fsp3) is 0.143. The number of aromatic nitrogens is 3. The van der Waals surface area contributed by atoms with Gasteiger partial charge >= 0.3 is 0 Å². The van der Waals surface area contributed by atoms with Crippen molar-refractivity contribution in [1.82, 2.24) is 19.1 Å². The Morgan fingerprint density at radius 2 is 2.00 bits per heavy atom. The summed E-state index contributed by atoms with van der Waals surface area (Å²) in [6.45, 7) is 0.249. The highest BCUT2D eigenvalue weighted by Gasteiger charge is 2.14. The van der Waals surface area contributed by atoms with Gasteiger partial charge in [-0.3, -0.25) is 0 Å². The van der Waals surface area contributed by atoms with E-state index in [-0.39, 0.29) is 16.6 Å². The zero-order valence-corrected chi connectivity index (χ0v) is 13.0. The van der Waals surface area contributed by atoms with Crippen LogP contribution in [-0.2, 0) is 16.4 Å². The predicted molar refractivity (Wildman–Crippen MR) is 83.3 cm³/mol. The fourth-order valence-corrected chi connectivity index (χ4v) is 3.17. The highest BCUT2D eigenvalue weighted by Crippen LogP contribution is 2.11. The van der Waals surface area contributed by atoms with E-state index in [0.717, 1.165) is 11.3 Å². The molecule has 0 unspecified atom stereocenters. The van der Waals surface area contributed by atoms with Crippen molar-refractivity contribution >= 4 is 27.1 Å². The Kier molecular flexibility index (Phi) is 4.10. The van der Waals surface area contributed by atoms with Gasteiger partial charge in [-0.1, -0.05) is 17.7 Å². The van der Waals surface area contributed by atoms with Gasteiger partial charge in [0.15, 0.2) is 0 Å². The summed E-state index contributed by atoms with van der Waals surface area (Å²) < 4.78 is 28.7. The van der Waals surface area contributed by atoms with E-state index in [1.807, 2.05) is 28.8 Å². The molecule has 0 aliphatic rings. The van der Waals surface area contributed by atoms with E-state index in [4.69, 9.17) is 11.6 Å². The molecule has 8 heteroatoms. The van der Waals surface area contributed by atoms with Crippen LogP contribution in [0.25, 0.3) is 5.52 Å². The Balaban J connectivity index is 1.68. The molecule has 114 valence electrons. The van der Waals surface area contributed by atoms with Crippen LogP contribution in [0.5, 0.6) is 0 Å². The molecule has 0 radical (unpaired) electrons. The molecule has 0 spiro atoms. The third-order valence-electron chi connectivity index (χ3n) is 3.17. The number of nitrogens with one attached hydrogen (secondary N) is 1. The average molecular weight is 337 g/mol. The van der Waals surface area contributed by atoms with Gasteiger partial charge in [-0.05, 0) is 24.3 Å². The first-order valence-electron chi connectivity index (χ1n) is 6.58. The Morgan fingerprint density at radius 3 is 2.77 bits per heavy atom. The Hall–Kier alpha value is -1.96. The average Bonchev–Trinajstić information content (AvgIpc) is 2.91. The van der Waals surface area contributed by atoms with Crippen molar-refractivity contribution in [3.63, 3.8) is 0 Å². The second-order valence-corrected chi connectivity index (χ2v) is 6.79. The third-order valence-corrected chi connectivity index (χ3v) is 4.84. The highest BCUT2D eigenvalue weighted by atomic mass is 35.5. The van der Waals surface area contributed by atoms with Gasteiger partial charge in [-0.15, -0.1) is 0 Å². The summed E-state index contributed by atoms with van der Waals surface area (Å²) in [5, 5.41) is 0.253. The minimum absolute atomic E-state index is 0.0878. The molecular formula is C14H13ClN4O2S. The highest BCUT2D eigenvalue weighted by molar-refractivity contribution is 7.89. The molecule has 0 bridgehead atoms. The molecule has 3 aromatic rings. The number of sulfonamides is 1. The first kappa shape index (κ1) is 15.0. The maximum atomic E-state index is 12.1. The van der Waals surface area contributed by atoms with Crippen molar-refractivity contribution in [2.24, 2.45) is 0 Å². The molecule has 0 saturated heterocycles. The smallest absolute Gasteiger partial charge is 0.242 e. The van der Waals surface area contributed by atoms with Crippen LogP contribution < -0.4 is 4.72 Å². The van der Waals surface area contributed by atoms with Crippen molar-refractivity contribution in [1.29, 1.82) is 0 Å². The van der Waals surface area contributed by atoms with Crippen LogP contribution >= 0.6 is 11.6 Å². The summed E-state index contributed by atoms with van der Waals surface area (Å²) in [6.07, 6.45) is 5.37. The molecular weight excluding hydrogens is 324 g/mol. The van der Waals surface area contributed by atoms with Gasteiger partial charge in [-0.25, -0.2) is 23.1 Å². The lowest BCUT2D eigenvalue weighted by molar-refractivity contribution is 0.580. The maximum Gasteiger partial charge on any atom is 0.242 e. The van der Waals surface area contributed by atoms with Crippen molar-refractivity contribution < 1.29 is 8.42 Å². The Morgan fingerprint density at radius 1 is 1.14 bits per heavy atom. The van der Waals surface area contributed by atoms with Crippen molar-refractivity contribution in [3.05, 3.63) is 59.9 Å². The summed E-state index contributed by atoms with van der Waals surface area (Å²) in [6, 6.07) is 8.64. The fourth-order valence-electron chi connectivity index (χ4n) is 2.09. The minimum Gasteiger partial charge on any atom is -0.304 e. The number of fused-ring (bicyclic) bond motifs is 1. The number of nitrogens with zero attached hydrogens (tertiary/aromatic N) is 3. The van der Waals surface area contributed by atoms with Gasteiger partial charge in [0.25, 0.3) is 0 Å². The topological polar surface area (TPSA) is 76.4 Å². The second-order valence-electron chi connectivity index (χ2n) is 4.63. The van der Waals surface area contributed by atoms with Gasteiger partial charge in [0.2, 0.25) is 10.0 Å². The standard InChI is InChI=1S/C14H13ClN4O2S/c15-13-5-4-12(10-16-13)22(20,21)18-7-6-14-17-9-11-3-1-2-8-19(11)14/h1-5,8-10,18H,6-7H2. The predicted octanol–water partition coefficient (Wildman–Crippen LogP) is 1.90. The first-order valence-corrected chi connectivity index (χ1v) is 8.44. The van der Waals surface area contributed by atoms with E-state index in [2.05, 4.69) is 14.7 Å². The van der Waals surface area contributed by atoms with Crippen LogP contribution in [0.15, 0.2) is 53.8 Å². The van der Waals surface area contributed by atoms with E-state index in [9.17, 15) is 8.42 Å². The van der Waals surface area contributed by atoms with E-state index in [1.54, 1.807) is 6.20 Å². The number of rotatable bonds is 5. The minimum atomic E-state index is -3.59. The van der Waals surface area contributed by atoms with E-state index < -0.39 is 10.0 Å². The third kappa shape index (κ3) is 3.11. The number of hydrogen-bond acceptors (Lipinski definition) is 4. The zero-order chi connectivity index (χ0) is 15.6. The lowest BCUT2D eigenvalue weighted by atomic mass is 10.4. The van der Waals surface area contributed by atoms with Crippen LogP contribution in [-0.4, -0.2) is 29.3 Å². The van der Waals surface area contributed by atoms with Gasteiger partial charge in [0, 0.05) is 25.4 Å². The zero-order valence-electron chi connectivity index (χ0n) is 11.5. The van der Waals surface area contributed by atoms with E-state index >= 15 is 0 Å². The summed E-state index contributed by atoms with van der Waals surface area (Å²) >= 11 is 5.65. The summed E-state index contributed by atoms with van der Waals surface area (Å²) in [4.78, 5) is 8.16. The van der Waals surface area contributed by atoms with Crippen molar-refractivity contribution in [2.45, 2.75) is 11.3 Å². The van der Waals surface area contributed by atoms with Gasteiger partial charge in [-0.2, -0.15) is 0 Å². The largest absolute Gasteiger partial charge is 0.304 e. The molecule has 0 amide bonds. The number of pyridine rings is 2. The number of halogens is 1. The molecule has 3 heterocycles. The molecule has 0 saturated carbocycles. The SMILES string of the molecule is O=S(=O)(NCCc1ncc2ccccn12)c1ccc(Cl)nc1. The lowest BCUT2D eigenvalue weighted by Crippen LogP contribution is -2.26. The maximum absolute atomic E-state index is 12.1. The van der Waals surface area contributed by atoms with E-state index in [1.165, 1.54) is 18.3 Å². The molecule has 0 aliphatic carbocycles. The summed E-state index contributed by atoms with van der Waals surface area (Å²) in [5.41, 5.74) is 0.974. The molecule has 3 aromatic heterocycles. The molecule has 0 aromatic carbocycles. The molecule has 0 fully saturated rings. The van der Waals surface area contributed by atoms with Crippen LogP contribution in [0.2, 0.25) is 5.15 Å². The first-order chi connectivity index (χ1) is 10.6. The Bertz CT molecular complexity index is 891. The normalized spacial score (nSPS) is 11.9. The number of hydrogen-bond donors (Lipinski definition) is 1. The molecule has 3 rings (SSSR count). The number of imidazole rings is 1. The monoisotopic (exact) mass is 336 g/mol. The van der Waals surface area contributed by atoms with E-state index in [0.29, 0.717) is 6.42 Å². The quantitative estimate of drug-likeness (QED) is 0.722. The Labute approximate surface area is 132 Å². The molecule has 0 aliphatic heterocycles. The summed E-state index contributed by atoms with van der Waals surface area (Å²) in [5.74, 6) is 0.799. The molecule has 1 N–H and O–H groups in total. The van der Waals surface area contributed by atoms with Gasteiger partial charge in [0.05, 0.1) is 11.7 Å². The van der Waals surface area contributed by atoms with Crippen LogP contribution in [0.3, 0.4) is 0 Å². The summed E-state index contributed by atoms with van der Waals surface area (Å²) in [7, 11) is -3.59. The molecule has 0 atom stereocenters. The van der Waals surface area contributed by atoms with Gasteiger partial charge < -0.3 is 4.40 Å². The van der Waals surface area contributed by atoms with Crippen LogP contribution in [0, 0.1) is 0 Å². The second kappa shape index (κ2) is 6.04. The molecule has 22 heavy (non-hydrogen) atoms. The lowest BCUT2D eigenvalue weighted by Gasteiger charge is -2.06. The molecule has 6 nitrogen and oxygen atoms in total.